The topological polar surface area (TPSA) is 445 Å². The van der Waals surface area contributed by atoms with Gasteiger partial charge in [0.05, 0.1) is 137 Å². The van der Waals surface area contributed by atoms with Crippen LogP contribution in [0.1, 0.15) is 121 Å². The van der Waals surface area contributed by atoms with Gasteiger partial charge in [0, 0.05) is 202 Å². The molecule has 21 heterocycles. The fraction of sp³-hybridized carbons (Fsp3) is 0.278. The van der Waals surface area contributed by atoms with Gasteiger partial charge in [-0.25, -0.2) is 74.8 Å². The summed E-state index contributed by atoms with van der Waals surface area (Å²) in [6.07, 6.45) is 38.3. The Balaban J connectivity index is 0.000000125. The maximum atomic E-state index is 12.9. The molecule has 0 spiro atoms. The van der Waals surface area contributed by atoms with Gasteiger partial charge in [0.15, 0.2) is 29.1 Å². The Morgan fingerprint density at radius 2 is 0.603 bits per heavy atom. The second-order valence-electron chi connectivity index (χ2n) is 34.2. The first kappa shape index (κ1) is 103. The van der Waals surface area contributed by atoms with Crippen molar-refractivity contribution in [2.75, 3.05) is 67.4 Å². The molecule has 1 atom stereocenters. The van der Waals surface area contributed by atoms with Gasteiger partial charge in [0.1, 0.15) is 80.7 Å². The highest BCUT2D eigenvalue weighted by Crippen LogP contribution is 2.39. The van der Waals surface area contributed by atoms with Crippen molar-refractivity contribution in [1.82, 2.24) is 150 Å². The molecule has 0 bridgehead atoms. The SMILES string of the molecule is CC(C)c1c(CC(=O)Cc2cnc(-n3nccn3)c(Cl)c2)cnc2scnc12.CCC(C)N(C)c1c(CC(=O)Cc2cnc(-n3nccn3)c(Cl)c2)cnc2scnc12.CCCN(C)c1c(CC(=O)Cc2cnc(-n3nccn3)c(Cl)c2)cnc2scnc12.CN(C)c1c(CC(=O)Cc2cnc(-n3nccn3)c(Cl)c2)cnc2scnc12.O=C(Cc1cnc(-n2nccn2)c(Cl)c1)Cc1cnc2scnc2c1N1CCC1. The van der Waals surface area contributed by atoms with Crippen molar-refractivity contribution in [1.29, 1.82) is 0 Å². The van der Waals surface area contributed by atoms with Gasteiger partial charge in [-0.3, -0.25) is 24.0 Å². The summed E-state index contributed by atoms with van der Waals surface area (Å²) in [4.78, 5) is 150. The zero-order valence-electron chi connectivity index (χ0n) is 80.0. The number of halogens is 5. The van der Waals surface area contributed by atoms with Crippen LogP contribution in [-0.2, 0) is 88.2 Å². The average molecular weight is 2150 g/mol. The molecule has 1 saturated heterocycles. The standard InChI is InChI=1S/C21H22ClN7OS.C20H20ClN7OS.C19H16ClN7OS.C19H17ClN6OS.C18H16ClN7OS/c1-4-13(2)28(3)19-15(11-24-21-18(19)25-12-31-21)9-16(30)7-14-8-17(22)20(23-10-14)29-26-5-6-27-29;1-3-6-27(2)18-14(11-23-20-17(18)24-12-30-20)9-15(29)7-13-8-16(21)19(22-10-13)28-25-4-5-26-28;20-15-7-12(9-21-18(15)27-24-2-3-25-27)6-14(28)8-13-10-22-19-16(23-11-29-19)17(13)26-4-1-5-26;1-11(2)16-13(9-22-19-17(16)23-10-28-19)7-14(27)5-12-6-15(20)18(21-8-12)26-24-3-4-25-26;1-25(2)16-12(9-21-18-15(16)22-10-28-18)7-13(27)5-11-6-14(19)17(20-8-11)26-23-3-4-24-26/h5-6,8,10-13H,4,7,9H2,1-3H3;4-5,8,10-12H,3,6-7,9H2,1-2H3;2-3,7,9-11H,1,4-6,8H2;3-4,6,8-11H,5,7H2,1-2H3;3-4,6,8-10H,5,7H2,1-2H3. The minimum absolute atomic E-state index is 0.0438. The zero-order chi connectivity index (χ0) is 102. The van der Waals surface area contributed by atoms with Gasteiger partial charge in [0.25, 0.3) is 0 Å². The fourth-order valence-corrected chi connectivity index (χ4v) is 20.9. The molecule has 0 N–H and O–H groups in total. The number of aromatic nitrogens is 30. The number of rotatable bonds is 34. The Morgan fingerprint density at radius 1 is 0.329 bits per heavy atom. The van der Waals surface area contributed by atoms with Crippen molar-refractivity contribution in [3.8, 4) is 29.1 Å². The number of fused-ring (bicyclic) bond motifs is 5. The van der Waals surface area contributed by atoms with Gasteiger partial charge in [-0.15, -0.1) is 80.7 Å². The molecule has 0 radical (unpaired) electrons. The fourth-order valence-electron chi connectivity index (χ4n) is 16.4. The third-order valence-electron chi connectivity index (χ3n) is 23.3. The minimum atomic E-state index is 0.0438. The maximum absolute atomic E-state index is 12.9. The molecule has 146 heavy (non-hydrogen) atoms. The summed E-state index contributed by atoms with van der Waals surface area (Å²) < 4.78 is 0. The third-order valence-corrected chi connectivity index (χ3v) is 28.3. The Hall–Kier alpha value is -14.4. The Morgan fingerprint density at radius 3 is 0.911 bits per heavy atom. The van der Waals surface area contributed by atoms with Crippen LogP contribution in [0.5, 0.6) is 0 Å². The Kier molecular flexibility index (Phi) is 33.7. The summed E-state index contributed by atoms with van der Waals surface area (Å²) in [5, 5.41) is 42.2. The zero-order valence-corrected chi connectivity index (χ0v) is 87.8. The largest absolute Gasteiger partial charge is 0.376 e. The summed E-state index contributed by atoms with van der Waals surface area (Å²) in [6, 6.07) is 8.98. The number of nitrogens with zero attached hydrogens (tertiary/aromatic N) is 34. The van der Waals surface area contributed by atoms with Crippen LogP contribution in [0.3, 0.4) is 0 Å². The van der Waals surface area contributed by atoms with E-state index in [-0.39, 0.29) is 86.2 Å². The molecule has 20 aromatic rings. The van der Waals surface area contributed by atoms with Crippen molar-refractivity contribution in [3.63, 3.8) is 0 Å². The van der Waals surface area contributed by atoms with Gasteiger partial charge in [-0.05, 0) is 101 Å². The molecule has 1 unspecified atom stereocenters. The van der Waals surface area contributed by atoms with Gasteiger partial charge >= 0.3 is 0 Å². The first-order valence-corrected chi connectivity index (χ1v) is 52.1. The molecule has 0 aromatic carbocycles. The summed E-state index contributed by atoms with van der Waals surface area (Å²) >= 11 is 39.1. The molecule has 39 nitrogen and oxygen atoms in total. The van der Waals surface area contributed by atoms with E-state index in [1.54, 1.807) is 176 Å². The monoisotopic (exact) mass is 2150 g/mol. The number of Topliss-reactive ketones (excluding diaryl/α,β-unsaturated/α-hetero) is 5. The highest BCUT2D eigenvalue weighted by Gasteiger charge is 2.29. The van der Waals surface area contributed by atoms with Crippen LogP contribution < -0.4 is 19.6 Å². The quantitative estimate of drug-likeness (QED) is 0.0361. The lowest BCUT2D eigenvalue weighted by atomic mass is 9.94. The number of thiazole rings is 5. The van der Waals surface area contributed by atoms with Crippen LogP contribution in [0, 0.1) is 0 Å². The summed E-state index contributed by atoms with van der Waals surface area (Å²) in [5.41, 5.74) is 26.4. The molecule has 1 aliphatic rings. The number of anilines is 4. The number of hydrogen-bond donors (Lipinski definition) is 0. The molecule has 1 fully saturated rings. The van der Waals surface area contributed by atoms with Gasteiger partial charge in [-0.1, -0.05) is 85.7 Å². The van der Waals surface area contributed by atoms with Crippen LogP contribution in [0.2, 0.25) is 25.1 Å². The van der Waals surface area contributed by atoms with E-state index in [0.717, 1.165) is 175 Å². The molecule has 0 saturated carbocycles. The van der Waals surface area contributed by atoms with Crippen LogP contribution in [0.4, 0.5) is 22.7 Å². The number of ketones is 5. The Bertz CT molecular complexity index is 7820. The van der Waals surface area contributed by atoms with Crippen LogP contribution in [0.25, 0.3) is 80.8 Å². The summed E-state index contributed by atoms with van der Waals surface area (Å²) in [7, 11) is 7.95. The Labute approximate surface area is 879 Å². The van der Waals surface area contributed by atoms with Crippen molar-refractivity contribution in [3.05, 3.63) is 268 Å². The predicted molar refractivity (Wildman–Crippen MR) is 567 cm³/mol. The van der Waals surface area contributed by atoms with Crippen molar-refractivity contribution < 1.29 is 24.0 Å². The van der Waals surface area contributed by atoms with Gasteiger partial charge in [0.2, 0.25) is 0 Å². The first-order valence-electron chi connectivity index (χ1n) is 45.8. The van der Waals surface area contributed by atoms with E-state index in [1.807, 2.05) is 39.3 Å². The van der Waals surface area contributed by atoms with Gasteiger partial charge < -0.3 is 19.6 Å². The minimum Gasteiger partial charge on any atom is -0.376 e. The first-order chi connectivity index (χ1) is 70.8. The lowest BCUT2D eigenvalue weighted by Crippen LogP contribution is -2.38. The van der Waals surface area contributed by atoms with E-state index in [9.17, 15) is 24.0 Å². The van der Waals surface area contributed by atoms with E-state index in [1.165, 1.54) is 80.7 Å². The van der Waals surface area contributed by atoms with Crippen LogP contribution >= 0.6 is 115 Å². The second kappa shape index (κ2) is 47.7. The molecule has 1 aliphatic heterocycles. The molecule has 49 heteroatoms. The lowest BCUT2D eigenvalue weighted by molar-refractivity contribution is -0.118. The van der Waals surface area contributed by atoms with Crippen molar-refractivity contribution in [2.45, 2.75) is 130 Å². The number of hydrogen-bond acceptors (Lipinski definition) is 39. The normalized spacial score (nSPS) is 11.9. The van der Waals surface area contributed by atoms with Crippen LogP contribution in [-0.4, -0.2) is 233 Å². The van der Waals surface area contributed by atoms with Crippen molar-refractivity contribution in [2.24, 2.45) is 0 Å². The summed E-state index contributed by atoms with van der Waals surface area (Å²) in [5.74, 6) is 2.71. The van der Waals surface area contributed by atoms with Crippen LogP contribution in [0.15, 0.2) is 182 Å². The number of carbonyl (C=O) groups is 5. The van der Waals surface area contributed by atoms with E-state index in [2.05, 4.69) is 175 Å². The number of carbonyl (C=O) groups excluding carboxylic acids is 5. The average Bonchev–Trinajstić information content (AvgIpc) is 1.66. The molecule has 20 aromatic heterocycles. The lowest BCUT2D eigenvalue weighted by Gasteiger charge is -2.34. The van der Waals surface area contributed by atoms with Gasteiger partial charge in [-0.2, -0.15) is 51.0 Å². The predicted octanol–water partition coefficient (Wildman–Crippen LogP) is 16.9. The third kappa shape index (κ3) is 24.5. The molecule has 0 amide bonds. The second-order valence-corrected chi connectivity index (χ2v) is 40.4. The van der Waals surface area contributed by atoms with E-state index in [0.29, 0.717) is 73.1 Å². The van der Waals surface area contributed by atoms with E-state index >= 15 is 0 Å². The molecule has 0 aliphatic carbocycles. The molecule has 21 rings (SSSR count). The highest BCUT2D eigenvalue weighted by atomic mass is 35.5. The number of pyridine rings is 10. The summed E-state index contributed by atoms with van der Waals surface area (Å²) in [6.45, 7) is 13.5. The van der Waals surface area contributed by atoms with E-state index in [4.69, 9.17) is 58.0 Å². The van der Waals surface area contributed by atoms with E-state index < -0.39 is 0 Å². The molecule has 744 valence electrons. The molecular formula is C97H91Cl5N34O5S5. The maximum Gasteiger partial charge on any atom is 0.193 e. The van der Waals surface area contributed by atoms with Crippen molar-refractivity contribution >= 4 is 218 Å². The molecular weight excluding hydrogens is 2060 g/mol. The highest BCUT2D eigenvalue weighted by molar-refractivity contribution is 7.17. The smallest absolute Gasteiger partial charge is 0.193 e.